The number of H-pyrrole nitrogens is 3. The van der Waals surface area contributed by atoms with E-state index in [0.717, 1.165) is 4.90 Å². The fraction of sp³-hybridized carbons (Fsp3) is 0.529. The summed E-state index contributed by atoms with van der Waals surface area (Å²) in [6.07, 6.45) is 3.59. The van der Waals surface area contributed by atoms with Gasteiger partial charge in [0.15, 0.2) is 0 Å². The van der Waals surface area contributed by atoms with E-state index in [1.54, 1.807) is 76.5 Å². The zero-order valence-corrected chi connectivity index (χ0v) is 70.9. The summed E-state index contributed by atoms with van der Waals surface area (Å²) in [4.78, 5) is 229. The first-order valence-electron chi connectivity index (χ1n) is 41.9. The Bertz CT molecular complexity index is 4700. The van der Waals surface area contributed by atoms with Crippen LogP contribution < -0.4 is 70.0 Å². The lowest BCUT2D eigenvalue weighted by Gasteiger charge is -2.31. The largest absolute Gasteiger partial charge is 0.508 e. The number of carboxylic acid groups (broad SMARTS) is 2. The van der Waals surface area contributed by atoms with Crippen molar-refractivity contribution in [1.29, 1.82) is 0 Å². The summed E-state index contributed by atoms with van der Waals surface area (Å²) < 4.78 is 0. The molecule has 0 bridgehead atoms. The summed E-state index contributed by atoms with van der Waals surface area (Å²) in [5.74, 6) is -15.7. The lowest BCUT2D eigenvalue weighted by Crippen LogP contribution is -2.62. The third-order valence-corrected chi connectivity index (χ3v) is 21.6. The molecule has 15 atom stereocenters. The van der Waals surface area contributed by atoms with Crippen LogP contribution in [0.25, 0.3) is 21.8 Å². The van der Waals surface area contributed by atoms with Gasteiger partial charge in [-0.3, -0.25) is 67.1 Å². The number of carbonyl (C=O) groups excluding carboxylic acids is 13. The van der Waals surface area contributed by atoms with E-state index in [1.807, 2.05) is 26.0 Å². The Hall–Kier alpha value is -12.4. The average molecular weight is 1730 g/mol. The summed E-state index contributed by atoms with van der Waals surface area (Å²) >= 11 is 0. The molecule has 2 saturated heterocycles. The van der Waals surface area contributed by atoms with Gasteiger partial charge in [-0.2, -0.15) is 0 Å². The summed E-state index contributed by atoms with van der Waals surface area (Å²) in [6.45, 7) is 12.4. The Morgan fingerprint density at radius 3 is 1.38 bits per heavy atom. The van der Waals surface area contributed by atoms with Gasteiger partial charge in [0.05, 0.1) is 31.5 Å². The van der Waals surface area contributed by atoms with E-state index in [-0.39, 0.29) is 120 Å². The van der Waals surface area contributed by atoms with Gasteiger partial charge in [-0.05, 0) is 143 Å². The van der Waals surface area contributed by atoms with Gasteiger partial charge in [-0.1, -0.05) is 90.1 Å². The van der Waals surface area contributed by atoms with Crippen LogP contribution in [0.1, 0.15) is 148 Å². The third-order valence-electron chi connectivity index (χ3n) is 21.6. The number of aliphatic hydroxyl groups is 2. The van der Waals surface area contributed by atoms with Crippen LogP contribution in [0.15, 0.2) is 97.7 Å². The maximum absolute atomic E-state index is 15.1. The predicted molar refractivity (Wildman–Crippen MR) is 452 cm³/mol. The molecule has 674 valence electrons. The van der Waals surface area contributed by atoms with Gasteiger partial charge in [-0.15, -0.1) is 0 Å². The second-order valence-electron chi connectivity index (χ2n) is 33.1. The fourth-order valence-electron chi connectivity index (χ4n) is 15.2. The van der Waals surface area contributed by atoms with Gasteiger partial charge in [-0.25, -0.2) is 9.78 Å². The number of unbranched alkanes of at least 4 members (excludes halogenated alkanes) is 1. The Morgan fingerprint density at radius 2 is 0.903 bits per heavy atom. The number of nitrogens with zero attached hydrogens (tertiary/aromatic N) is 3. The summed E-state index contributed by atoms with van der Waals surface area (Å²) in [7, 11) is 0. The number of rotatable bonds is 47. The summed E-state index contributed by atoms with van der Waals surface area (Å²) in [5.41, 5.74) is 14.9. The number of likely N-dealkylation sites (tertiary alicyclic amines) is 2. The molecular formula is C85H119N19O20. The lowest BCUT2D eigenvalue weighted by atomic mass is 9.98. The minimum Gasteiger partial charge on any atom is -0.508 e. The number of hydrogen-bond acceptors (Lipinski definition) is 21. The Balaban J connectivity index is 0.974. The minimum absolute atomic E-state index is 0.0262. The molecule has 2 aliphatic heterocycles. The first-order chi connectivity index (χ1) is 58.9. The number of nitrogens with one attached hydrogen (secondary N) is 14. The SMILES string of the molecule is CC(C)C[C@H](NC(=O)[C@H](CCCCN)NC(=O)[C@@H](NC(=O)[C@H](CC(C)C)NC(=O)[C@@H]1CCCN1C(=O)[C@H](CC(=O)O)NC(=O)[C@H](Cc1ccc(O)cc1)NC(=O)[C@H](Cc1c[nH]c2ccccc12)NC(=O)[C@H](CO)NC(=O)[C@H](C)N)[C@@H](C)O)C(=O)N[C@@H](Cc1c[nH]c2ccccc12)C(=O)N[C@@H](CC(C)C)C(=O)N1CCC[C@H]1C(=O)N[C@@H](Cc1cnc[nH]1)C(=O)O. The molecule has 0 aliphatic carbocycles. The number of fused-ring (bicyclic) bond motifs is 2. The van der Waals surface area contributed by atoms with Gasteiger partial charge in [0.2, 0.25) is 76.8 Å². The quantitative estimate of drug-likeness (QED) is 0.0208. The van der Waals surface area contributed by atoms with E-state index in [1.165, 1.54) is 55.5 Å². The van der Waals surface area contributed by atoms with Gasteiger partial charge in [0.25, 0.3) is 0 Å². The Kier molecular flexibility index (Phi) is 36.2. The van der Waals surface area contributed by atoms with E-state index in [0.29, 0.717) is 57.0 Å². The topological polar surface area (TPSA) is 608 Å². The first-order valence-corrected chi connectivity index (χ1v) is 41.9. The molecule has 0 unspecified atom stereocenters. The molecule has 0 spiro atoms. The van der Waals surface area contributed by atoms with Crippen molar-refractivity contribution < 1.29 is 97.5 Å². The van der Waals surface area contributed by atoms with Crippen molar-refractivity contribution in [3.63, 3.8) is 0 Å². The number of para-hydroxylation sites is 2. The molecular weight excluding hydrogens is 1610 g/mol. The van der Waals surface area contributed by atoms with Gasteiger partial charge < -0.3 is 120 Å². The van der Waals surface area contributed by atoms with Gasteiger partial charge in [0.1, 0.15) is 84.3 Å². The number of carbonyl (C=O) groups is 15. The standard InChI is InChI=1S/C85H119N19O20/c1-44(2)31-59(74(112)95-63(36-51-40-90-57-20-12-10-18-55(51)57)77(115)98-64(33-46(5)6)83(121)103-29-16-23-69(103)81(119)100-66(85(123)124)37-52-41-88-43-91-52)93-73(111)58(21-13-14-28-86)92-82(120)71(48(8)106)102-78(116)60(32-45(3)4)97-80(118)68-22-15-30-104(68)84(122)65(38-70(108)109)99-75(113)61(34-49-24-26-53(107)27-25-49)94-76(114)62(35-50-39-89-56-19-11-9-17-54(50)56)96-79(117)67(42-105)101-72(110)47(7)87/h9-12,17-20,24-27,39-41,43-48,58-69,71,89-90,105-107H,13-16,21-23,28-38,42,86-87H2,1-8H3,(H,88,91)(H,92,120)(H,93,111)(H,94,114)(H,95,112)(H,96,117)(H,97,118)(H,98,115)(H,99,113)(H,100,119)(H,101,110)(H,102,116)(H,108,109)(H,123,124)/t47-,48+,58-,59-,60-,61-,62-,63-,64-,65-,66-,67-,68-,69-,71-/m0/s1. The van der Waals surface area contributed by atoms with Crippen molar-refractivity contribution in [3.05, 3.63) is 120 Å². The van der Waals surface area contributed by atoms with Crippen LogP contribution in [-0.2, 0) is 97.6 Å². The number of carboxylic acids is 2. The molecule has 5 heterocycles. The lowest BCUT2D eigenvalue weighted by molar-refractivity contribution is -0.146. The molecule has 39 heteroatoms. The van der Waals surface area contributed by atoms with Crippen LogP contribution in [0, 0.1) is 17.8 Å². The number of aromatic amines is 3. The zero-order chi connectivity index (χ0) is 90.8. The van der Waals surface area contributed by atoms with Crippen molar-refractivity contribution in [2.75, 3.05) is 26.2 Å². The number of hydrogen-bond donors (Lipinski definition) is 21. The minimum atomic E-state index is -1.93. The molecule has 23 N–H and O–H groups in total. The number of benzene rings is 3. The van der Waals surface area contributed by atoms with Crippen molar-refractivity contribution in [1.82, 2.24) is 88.2 Å². The molecule has 3 aromatic heterocycles. The van der Waals surface area contributed by atoms with Gasteiger partial charge >= 0.3 is 11.9 Å². The number of aliphatic hydroxyl groups excluding tert-OH is 2. The number of imidazole rings is 1. The molecule has 0 radical (unpaired) electrons. The van der Waals surface area contributed by atoms with Crippen LogP contribution in [0.4, 0.5) is 0 Å². The van der Waals surface area contributed by atoms with Crippen LogP contribution in [0.3, 0.4) is 0 Å². The predicted octanol–water partition coefficient (Wildman–Crippen LogP) is -0.790. The van der Waals surface area contributed by atoms with E-state index in [9.17, 15) is 87.9 Å². The zero-order valence-electron chi connectivity index (χ0n) is 70.9. The van der Waals surface area contributed by atoms with E-state index < -0.39 is 192 Å². The third kappa shape index (κ3) is 27.8. The second kappa shape index (κ2) is 46.2. The van der Waals surface area contributed by atoms with Gasteiger partial charge in [0, 0.05) is 84.9 Å². The molecule has 6 aromatic rings. The van der Waals surface area contributed by atoms with Crippen molar-refractivity contribution in [2.24, 2.45) is 29.2 Å². The number of aromatic nitrogens is 4. The van der Waals surface area contributed by atoms with E-state index >= 15 is 9.59 Å². The molecule has 13 amide bonds. The summed E-state index contributed by atoms with van der Waals surface area (Å²) in [6, 6.07) is -0.935. The molecule has 39 nitrogen and oxygen atoms in total. The maximum atomic E-state index is 15.1. The van der Waals surface area contributed by atoms with Crippen molar-refractivity contribution in [3.8, 4) is 5.75 Å². The highest BCUT2D eigenvalue weighted by atomic mass is 16.4. The van der Waals surface area contributed by atoms with E-state index in [4.69, 9.17) is 11.5 Å². The summed E-state index contributed by atoms with van der Waals surface area (Å²) in [5, 5.41) is 82.2. The second-order valence-corrected chi connectivity index (χ2v) is 33.1. The van der Waals surface area contributed by atoms with Crippen molar-refractivity contribution in [2.45, 2.75) is 242 Å². The number of aromatic hydroxyl groups is 1. The molecule has 2 fully saturated rings. The number of phenolic OH excluding ortho intramolecular Hbond substituents is 1. The molecule has 3 aromatic carbocycles. The van der Waals surface area contributed by atoms with Crippen LogP contribution in [0.5, 0.6) is 5.75 Å². The monoisotopic (exact) mass is 1730 g/mol. The number of phenols is 1. The first kappa shape index (κ1) is 97.1. The van der Waals surface area contributed by atoms with E-state index in [2.05, 4.69) is 78.4 Å². The molecule has 2 aliphatic rings. The Labute approximate surface area is 716 Å². The van der Waals surface area contributed by atoms with Crippen LogP contribution in [0.2, 0.25) is 0 Å². The number of aliphatic carboxylic acids is 2. The highest BCUT2D eigenvalue weighted by Gasteiger charge is 2.44. The molecule has 8 rings (SSSR count). The smallest absolute Gasteiger partial charge is 0.326 e. The van der Waals surface area contributed by atoms with Crippen LogP contribution >= 0.6 is 0 Å². The molecule has 124 heavy (non-hydrogen) atoms. The molecule has 0 saturated carbocycles. The number of nitrogens with two attached hydrogens (primary N) is 2. The fourth-order valence-corrected chi connectivity index (χ4v) is 15.2. The highest BCUT2D eigenvalue weighted by molar-refractivity contribution is 6.02. The number of amides is 13. The average Bonchev–Trinajstić information content (AvgIpc) is 1.68. The maximum Gasteiger partial charge on any atom is 0.326 e. The highest BCUT2D eigenvalue weighted by Crippen LogP contribution is 2.27. The van der Waals surface area contributed by atoms with Crippen LogP contribution in [-0.4, -0.2) is 261 Å². The normalized spacial score (nSPS) is 17.1. The Morgan fingerprint density at radius 1 is 0.476 bits per heavy atom. The van der Waals surface area contributed by atoms with Crippen molar-refractivity contribution >= 4 is 111 Å².